The van der Waals surface area contributed by atoms with Crippen LogP contribution in [0.1, 0.15) is 12.0 Å². The molecule has 1 aliphatic rings. The van der Waals surface area contributed by atoms with E-state index in [1.165, 1.54) is 0 Å². The molecule has 0 saturated carbocycles. The molecule has 1 aliphatic heterocycles. The molecule has 140 valence electrons. The predicted octanol–water partition coefficient (Wildman–Crippen LogP) is 2.46. The van der Waals surface area contributed by atoms with Crippen molar-refractivity contribution in [1.29, 1.82) is 5.41 Å². The number of amides is 2. The molecule has 0 aliphatic carbocycles. The SMILES string of the molecule is N=C(N)Nc1ccccc1N1CCN(c2ccc(CCC(=O)O)cc2)C1=O. The zero-order valence-electron chi connectivity index (χ0n) is 14.7. The van der Waals surface area contributed by atoms with Crippen LogP contribution in [0, 0.1) is 5.41 Å². The number of anilines is 3. The molecular formula is C19H21N5O3. The smallest absolute Gasteiger partial charge is 0.329 e. The average molecular weight is 367 g/mol. The molecule has 2 amide bonds. The number of hydrogen-bond donors (Lipinski definition) is 4. The quantitative estimate of drug-likeness (QED) is 0.461. The molecule has 8 heteroatoms. The van der Waals surface area contributed by atoms with E-state index in [1.54, 1.807) is 15.9 Å². The molecule has 5 N–H and O–H groups in total. The summed E-state index contributed by atoms with van der Waals surface area (Å²) in [4.78, 5) is 26.9. The standard InChI is InChI=1S/C19H21N5O3/c20-18(21)22-15-3-1-2-4-16(15)24-12-11-23(19(24)27)14-8-5-13(6-9-14)7-10-17(25)26/h1-6,8-9H,7,10-12H2,(H,25,26)(H4,20,21,22). The number of guanidine groups is 1. The number of para-hydroxylation sites is 2. The number of carboxylic acid groups (broad SMARTS) is 1. The first-order chi connectivity index (χ1) is 13.0. The number of carboxylic acids is 1. The molecule has 0 spiro atoms. The van der Waals surface area contributed by atoms with E-state index in [2.05, 4.69) is 5.32 Å². The van der Waals surface area contributed by atoms with Gasteiger partial charge >= 0.3 is 12.0 Å². The molecule has 0 bridgehead atoms. The minimum atomic E-state index is -0.831. The largest absolute Gasteiger partial charge is 0.481 e. The van der Waals surface area contributed by atoms with Crippen molar-refractivity contribution >= 4 is 35.0 Å². The van der Waals surface area contributed by atoms with Crippen LogP contribution in [0.25, 0.3) is 0 Å². The first-order valence-electron chi connectivity index (χ1n) is 8.55. The lowest BCUT2D eigenvalue weighted by Gasteiger charge is -2.21. The minimum absolute atomic E-state index is 0.0791. The van der Waals surface area contributed by atoms with Gasteiger partial charge in [0.2, 0.25) is 0 Å². The third kappa shape index (κ3) is 4.17. The normalized spacial score (nSPS) is 13.7. The van der Waals surface area contributed by atoms with Crippen LogP contribution in [0.3, 0.4) is 0 Å². The van der Waals surface area contributed by atoms with Crippen molar-refractivity contribution in [1.82, 2.24) is 0 Å². The molecule has 3 rings (SSSR count). The highest BCUT2D eigenvalue weighted by atomic mass is 16.4. The van der Waals surface area contributed by atoms with E-state index in [0.717, 1.165) is 11.3 Å². The Morgan fingerprint density at radius 2 is 1.78 bits per heavy atom. The summed E-state index contributed by atoms with van der Waals surface area (Å²) in [5, 5.41) is 18.9. The number of benzene rings is 2. The lowest BCUT2D eigenvalue weighted by Crippen LogP contribution is -2.32. The topological polar surface area (TPSA) is 123 Å². The van der Waals surface area contributed by atoms with E-state index < -0.39 is 5.97 Å². The number of carbonyl (C=O) groups excluding carboxylic acids is 1. The minimum Gasteiger partial charge on any atom is -0.481 e. The fourth-order valence-corrected chi connectivity index (χ4v) is 3.05. The summed E-state index contributed by atoms with van der Waals surface area (Å²) < 4.78 is 0. The summed E-state index contributed by atoms with van der Waals surface area (Å²) in [6.07, 6.45) is 0.537. The van der Waals surface area contributed by atoms with Crippen LogP contribution in [0.5, 0.6) is 0 Å². The number of rotatable bonds is 6. The van der Waals surface area contributed by atoms with Gasteiger partial charge in [0, 0.05) is 25.2 Å². The Hall–Kier alpha value is -3.55. The molecule has 1 saturated heterocycles. The second kappa shape index (κ2) is 7.77. The van der Waals surface area contributed by atoms with Crippen molar-refractivity contribution in [3.63, 3.8) is 0 Å². The summed E-state index contributed by atoms with van der Waals surface area (Å²) in [5.41, 5.74) is 8.37. The Labute approximate surface area is 156 Å². The fraction of sp³-hybridized carbons (Fsp3) is 0.211. The maximum atomic E-state index is 12.9. The Kier molecular flexibility index (Phi) is 5.25. The lowest BCUT2D eigenvalue weighted by atomic mass is 10.1. The Bertz CT molecular complexity index is 866. The van der Waals surface area contributed by atoms with Crippen molar-refractivity contribution in [2.45, 2.75) is 12.8 Å². The zero-order valence-corrected chi connectivity index (χ0v) is 14.7. The van der Waals surface area contributed by atoms with Crippen LogP contribution in [-0.2, 0) is 11.2 Å². The van der Waals surface area contributed by atoms with Crippen LogP contribution in [0.4, 0.5) is 21.9 Å². The van der Waals surface area contributed by atoms with Gasteiger partial charge in [-0.25, -0.2) is 4.79 Å². The Morgan fingerprint density at radius 3 is 2.44 bits per heavy atom. The summed E-state index contributed by atoms with van der Waals surface area (Å²) >= 11 is 0. The van der Waals surface area contributed by atoms with E-state index in [1.807, 2.05) is 42.5 Å². The third-order valence-electron chi connectivity index (χ3n) is 4.35. The van der Waals surface area contributed by atoms with Gasteiger partial charge in [-0.2, -0.15) is 0 Å². The summed E-state index contributed by atoms with van der Waals surface area (Å²) in [7, 11) is 0. The van der Waals surface area contributed by atoms with Crippen molar-refractivity contribution in [2.75, 3.05) is 28.2 Å². The van der Waals surface area contributed by atoms with Gasteiger partial charge in [0.15, 0.2) is 5.96 Å². The zero-order chi connectivity index (χ0) is 19.4. The van der Waals surface area contributed by atoms with Gasteiger partial charge in [0.25, 0.3) is 0 Å². The van der Waals surface area contributed by atoms with Gasteiger partial charge in [-0.1, -0.05) is 24.3 Å². The number of urea groups is 1. The van der Waals surface area contributed by atoms with Crippen molar-refractivity contribution < 1.29 is 14.7 Å². The highest BCUT2D eigenvalue weighted by Crippen LogP contribution is 2.30. The second-order valence-electron chi connectivity index (χ2n) is 6.20. The van der Waals surface area contributed by atoms with E-state index >= 15 is 0 Å². The van der Waals surface area contributed by atoms with Gasteiger partial charge in [-0.05, 0) is 36.2 Å². The monoisotopic (exact) mass is 367 g/mol. The summed E-state index contributed by atoms with van der Waals surface area (Å²) in [5.74, 6) is -1.02. The summed E-state index contributed by atoms with van der Waals surface area (Å²) in [6.45, 7) is 1.04. The van der Waals surface area contributed by atoms with E-state index in [0.29, 0.717) is 30.9 Å². The first-order valence-corrected chi connectivity index (χ1v) is 8.55. The van der Waals surface area contributed by atoms with Crippen LogP contribution in [0.15, 0.2) is 48.5 Å². The van der Waals surface area contributed by atoms with Crippen LogP contribution in [-0.4, -0.2) is 36.2 Å². The highest BCUT2D eigenvalue weighted by molar-refractivity contribution is 6.08. The maximum absolute atomic E-state index is 12.9. The molecular weight excluding hydrogens is 346 g/mol. The van der Waals surface area contributed by atoms with Crippen molar-refractivity contribution in [2.24, 2.45) is 5.73 Å². The van der Waals surface area contributed by atoms with E-state index in [-0.39, 0.29) is 18.4 Å². The molecule has 27 heavy (non-hydrogen) atoms. The molecule has 0 radical (unpaired) electrons. The number of aryl methyl sites for hydroxylation is 1. The van der Waals surface area contributed by atoms with Gasteiger partial charge < -0.3 is 16.2 Å². The van der Waals surface area contributed by atoms with Crippen LogP contribution >= 0.6 is 0 Å². The van der Waals surface area contributed by atoms with Gasteiger partial charge in [0.1, 0.15) is 0 Å². The number of hydrogen-bond acceptors (Lipinski definition) is 3. The second-order valence-corrected chi connectivity index (χ2v) is 6.20. The number of carbonyl (C=O) groups is 2. The van der Waals surface area contributed by atoms with Crippen LogP contribution < -0.4 is 20.9 Å². The maximum Gasteiger partial charge on any atom is 0.329 e. The van der Waals surface area contributed by atoms with Gasteiger partial charge in [0.05, 0.1) is 11.4 Å². The molecule has 0 unspecified atom stereocenters. The van der Waals surface area contributed by atoms with Gasteiger partial charge in [-0.3, -0.25) is 20.0 Å². The molecule has 0 aromatic heterocycles. The number of nitrogens with zero attached hydrogens (tertiary/aromatic N) is 2. The predicted molar refractivity (Wildman–Crippen MR) is 104 cm³/mol. The average Bonchev–Trinajstić information content (AvgIpc) is 3.02. The van der Waals surface area contributed by atoms with Gasteiger partial charge in [-0.15, -0.1) is 0 Å². The number of aliphatic carboxylic acids is 1. The third-order valence-corrected chi connectivity index (χ3v) is 4.35. The number of nitrogens with one attached hydrogen (secondary N) is 2. The molecule has 8 nitrogen and oxygen atoms in total. The summed E-state index contributed by atoms with van der Waals surface area (Å²) in [6, 6.07) is 14.4. The fourth-order valence-electron chi connectivity index (χ4n) is 3.05. The molecule has 2 aromatic rings. The van der Waals surface area contributed by atoms with E-state index in [9.17, 15) is 9.59 Å². The lowest BCUT2D eigenvalue weighted by molar-refractivity contribution is -0.136. The van der Waals surface area contributed by atoms with Crippen molar-refractivity contribution in [3.05, 3.63) is 54.1 Å². The molecule has 1 fully saturated rings. The highest BCUT2D eigenvalue weighted by Gasteiger charge is 2.31. The number of nitrogens with two attached hydrogens (primary N) is 1. The Morgan fingerprint density at radius 1 is 1.11 bits per heavy atom. The van der Waals surface area contributed by atoms with E-state index in [4.69, 9.17) is 16.2 Å². The molecule has 2 aromatic carbocycles. The Balaban J connectivity index is 1.75. The van der Waals surface area contributed by atoms with Crippen molar-refractivity contribution in [3.8, 4) is 0 Å². The molecule has 1 heterocycles. The first kappa shape index (κ1) is 18.2. The molecule has 0 atom stereocenters. The van der Waals surface area contributed by atoms with Crippen LogP contribution in [0.2, 0.25) is 0 Å².